The molecule has 6 aromatic rings. The van der Waals surface area contributed by atoms with E-state index in [1.54, 1.807) is 6.08 Å². The standard InChI is InChI=1S/C37H33N3O2.C2H6/c1-6-10-13-27-23(5)39(33(9-4)31(27)22-38)24-17-19-35-30(20-24)37(41)29-18-16-25(21-36(29)42-35)40-32(8-3)26(7-2)28-14-11-12-15-34(28)40;1-2/h8-22,38H,3-4,6-7H2,1-2,5H3;1-2H3/b13-10-,38-22?;. The van der Waals surface area contributed by atoms with Crippen LogP contribution in [0.25, 0.3) is 62.4 Å². The van der Waals surface area contributed by atoms with Gasteiger partial charge in [-0.3, -0.25) is 4.79 Å². The zero-order valence-electron chi connectivity index (χ0n) is 26.2. The van der Waals surface area contributed by atoms with Crippen LogP contribution in [0.15, 0.2) is 89.1 Å². The minimum Gasteiger partial charge on any atom is -0.456 e. The van der Waals surface area contributed by atoms with Crippen molar-refractivity contribution in [3.63, 3.8) is 0 Å². The van der Waals surface area contributed by atoms with Crippen LogP contribution in [0.1, 0.15) is 67.9 Å². The van der Waals surface area contributed by atoms with Crippen LogP contribution in [0, 0.1) is 12.3 Å². The van der Waals surface area contributed by atoms with Crippen molar-refractivity contribution in [1.29, 1.82) is 5.41 Å². The normalized spacial score (nSPS) is 11.3. The Labute approximate surface area is 258 Å². The van der Waals surface area contributed by atoms with E-state index in [4.69, 9.17) is 9.83 Å². The summed E-state index contributed by atoms with van der Waals surface area (Å²) in [6.07, 6.45) is 10.9. The molecule has 44 heavy (non-hydrogen) atoms. The quantitative estimate of drug-likeness (QED) is 0.144. The minimum atomic E-state index is -0.0847. The molecule has 0 fully saturated rings. The molecule has 5 nitrogen and oxygen atoms in total. The number of hydrogen-bond acceptors (Lipinski definition) is 3. The number of nitrogens with zero attached hydrogens (tertiary/aromatic N) is 2. The summed E-state index contributed by atoms with van der Waals surface area (Å²) in [6, 6.07) is 19.8. The molecule has 0 spiro atoms. The average Bonchev–Trinajstić information content (AvgIpc) is 3.54. The van der Waals surface area contributed by atoms with Crippen molar-refractivity contribution in [1.82, 2.24) is 9.13 Å². The fourth-order valence-electron chi connectivity index (χ4n) is 6.19. The molecule has 1 N–H and O–H groups in total. The second-order valence-corrected chi connectivity index (χ2v) is 10.4. The third-order valence-corrected chi connectivity index (χ3v) is 8.11. The molecule has 0 bridgehead atoms. The Hall–Kier alpha value is -5.16. The van der Waals surface area contributed by atoms with E-state index in [-0.39, 0.29) is 5.43 Å². The van der Waals surface area contributed by atoms with Gasteiger partial charge in [0.25, 0.3) is 0 Å². The molecule has 3 aromatic carbocycles. The lowest BCUT2D eigenvalue weighted by molar-refractivity contribution is 0.659. The molecule has 3 heterocycles. The van der Waals surface area contributed by atoms with E-state index in [0.29, 0.717) is 21.9 Å². The molecule has 3 aromatic heterocycles. The molecule has 0 aliphatic carbocycles. The van der Waals surface area contributed by atoms with Crippen LogP contribution in [0.3, 0.4) is 0 Å². The van der Waals surface area contributed by atoms with Crippen molar-refractivity contribution in [2.45, 2.75) is 47.5 Å². The Morgan fingerprint density at radius 2 is 1.52 bits per heavy atom. The van der Waals surface area contributed by atoms with Crippen LogP contribution in [-0.4, -0.2) is 15.3 Å². The number of para-hydroxylation sites is 1. The Bertz CT molecular complexity index is 2150. The molecule has 0 aliphatic rings. The van der Waals surface area contributed by atoms with E-state index in [1.807, 2.05) is 73.9 Å². The Morgan fingerprint density at radius 1 is 0.818 bits per heavy atom. The number of allylic oxidation sites excluding steroid dienone is 1. The second kappa shape index (κ2) is 12.6. The molecule has 0 aliphatic heterocycles. The summed E-state index contributed by atoms with van der Waals surface area (Å²) in [5.74, 6) is 0. The highest BCUT2D eigenvalue weighted by Crippen LogP contribution is 2.33. The van der Waals surface area contributed by atoms with Gasteiger partial charge in [-0.25, -0.2) is 0 Å². The maximum absolute atomic E-state index is 13.9. The summed E-state index contributed by atoms with van der Waals surface area (Å²) < 4.78 is 10.6. The van der Waals surface area contributed by atoms with E-state index >= 15 is 0 Å². The molecular weight excluding hydrogens is 542 g/mol. The molecule has 0 saturated heterocycles. The first-order chi connectivity index (χ1) is 21.5. The Kier molecular flexibility index (Phi) is 8.68. The summed E-state index contributed by atoms with van der Waals surface area (Å²) >= 11 is 0. The van der Waals surface area contributed by atoms with Crippen molar-refractivity contribution in [3.05, 3.63) is 124 Å². The van der Waals surface area contributed by atoms with Crippen molar-refractivity contribution < 1.29 is 4.42 Å². The molecule has 222 valence electrons. The predicted octanol–water partition coefficient (Wildman–Crippen LogP) is 10.3. The molecule has 0 amide bonds. The van der Waals surface area contributed by atoms with Gasteiger partial charge >= 0.3 is 0 Å². The van der Waals surface area contributed by atoms with E-state index in [1.165, 1.54) is 17.2 Å². The minimum absolute atomic E-state index is 0.0847. The van der Waals surface area contributed by atoms with Crippen molar-refractivity contribution >= 4 is 57.3 Å². The molecule has 0 atom stereocenters. The van der Waals surface area contributed by atoms with Crippen molar-refractivity contribution in [2.24, 2.45) is 0 Å². The number of rotatable bonds is 8. The highest BCUT2D eigenvalue weighted by Gasteiger charge is 2.19. The van der Waals surface area contributed by atoms with Gasteiger partial charge in [-0.05, 0) is 73.9 Å². The van der Waals surface area contributed by atoms with E-state index in [2.05, 4.69) is 61.9 Å². The third-order valence-electron chi connectivity index (χ3n) is 8.11. The lowest BCUT2D eigenvalue weighted by Gasteiger charge is -2.12. The number of nitrogens with one attached hydrogen (secondary N) is 1. The first-order valence-corrected chi connectivity index (χ1v) is 15.3. The first-order valence-electron chi connectivity index (χ1n) is 15.3. The number of benzene rings is 3. The number of aryl methyl sites for hydroxylation is 1. The van der Waals surface area contributed by atoms with Gasteiger partial charge in [0.1, 0.15) is 11.2 Å². The van der Waals surface area contributed by atoms with Crippen LogP contribution < -0.4 is 5.43 Å². The summed E-state index contributed by atoms with van der Waals surface area (Å²) in [4.78, 5) is 13.9. The number of aromatic nitrogens is 2. The number of fused-ring (bicyclic) bond motifs is 3. The van der Waals surface area contributed by atoms with Gasteiger partial charge < -0.3 is 19.0 Å². The van der Waals surface area contributed by atoms with E-state index < -0.39 is 0 Å². The lowest BCUT2D eigenvalue weighted by Crippen LogP contribution is -2.06. The fraction of sp³-hybridized carbons (Fsp3) is 0.179. The maximum atomic E-state index is 13.9. The molecule has 0 radical (unpaired) electrons. The van der Waals surface area contributed by atoms with Crippen molar-refractivity contribution in [2.75, 3.05) is 0 Å². The molecule has 0 unspecified atom stereocenters. The van der Waals surface area contributed by atoms with Gasteiger partial charge in [-0.1, -0.05) is 71.2 Å². The molecule has 0 saturated carbocycles. The van der Waals surface area contributed by atoms with Gasteiger partial charge in [0.15, 0.2) is 0 Å². The SMILES string of the molecule is C=Cc1c(C=N)c(/C=C\CC)c(C)n1-c1ccc2oc3cc(-n4c(C=C)c(CC)c5ccccc54)ccc3c(=O)c2c1.CC. The summed E-state index contributed by atoms with van der Waals surface area (Å²) in [5, 5.41) is 10.3. The summed E-state index contributed by atoms with van der Waals surface area (Å²) in [6.45, 7) is 18.4. The average molecular weight is 582 g/mol. The maximum Gasteiger partial charge on any atom is 0.200 e. The Balaban J connectivity index is 0.00000188. The lowest BCUT2D eigenvalue weighted by atomic mass is 10.1. The van der Waals surface area contributed by atoms with E-state index in [9.17, 15) is 4.79 Å². The molecular formula is C39H39N3O2. The smallest absolute Gasteiger partial charge is 0.200 e. The van der Waals surface area contributed by atoms with Gasteiger partial charge in [0, 0.05) is 51.6 Å². The van der Waals surface area contributed by atoms with Gasteiger partial charge in [0.05, 0.1) is 22.0 Å². The monoisotopic (exact) mass is 581 g/mol. The molecule has 6 rings (SSSR count). The zero-order chi connectivity index (χ0) is 31.5. The predicted molar refractivity (Wildman–Crippen MR) is 189 cm³/mol. The topological polar surface area (TPSA) is 63.9 Å². The van der Waals surface area contributed by atoms with Crippen molar-refractivity contribution in [3.8, 4) is 11.4 Å². The zero-order valence-corrected chi connectivity index (χ0v) is 26.2. The van der Waals surface area contributed by atoms with Gasteiger partial charge in [0.2, 0.25) is 5.43 Å². The molecule has 5 heteroatoms. The van der Waals surface area contributed by atoms with Crippen LogP contribution in [0.5, 0.6) is 0 Å². The van der Waals surface area contributed by atoms with Crippen LogP contribution >= 0.6 is 0 Å². The first kappa shape index (κ1) is 30.3. The van der Waals surface area contributed by atoms with Crippen LogP contribution in [0.4, 0.5) is 0 Å². The third kappa shape index (κ3) is 4.75. The fourth-order valence-corrected chi connectivity index (χ4v) is 6.19. The Morgan fingerprint density at radius 3 is 2.20 bits per heavy atom. The summed E-state index contributed by atoms with van der Waals surface area (Å²) in [7, 11) is 0. The van der Waals surface area contributed by atoms with Crippen LogP contribution in [-0.2, 0) is 6.42 Å². The summed E-state index contributed by atoms with van der Waals surface area (Å²) in [5.41, 5.74) is 9.65. The van der Waals surface area contributed by atoms with Gasteiger partial charge in [-0.2, -0.15) is 0 Å². The van der Waals surface area contributed by atoms with Crippen LogP contribution in [0.2, 0.25) is 0 Å². The second-order valence-electron chi connectivity index (χ2n) is 10.4. The highest BCUT2D eigenvalue weighted by atomic mass is 16.3. The van der Waals surface area contributed by atoms with Gasteiger partial charge in [-0.15, -0.1) is 0 Å². The van der Waals surface area contributed by atoms with E-state index in [0.717, 1.165) is 57.9 Å². The number of hydrogen-bond donors (Lipinski definition) is 1. The largest absolute Gasteiger partial charge is 0.456 e. The highest BCUT2D eigenvalue weighted by molar-refractivity contribution is 5.94.